The SMILES string of the molecule is COc1cccc2c1C(=O)c1c(O)c3c(c(O)c1C2=O)C[C@@](O)(C(=O)COC=O)C[C@@H]3O[C@H]1C[C@H](N)[C@H](O)[C@H](C)O1. The van der Waals surface area contributed by atoms with Gasteiger partial charge >= 0.3 is 0 Å². The van der Waals surface area contributed by atoms with Gasteiger partial charge in [-0.3, -0.25) is 19.2 Å². The number of phenols is 2. The van der Waals surface area contributed by atoms with Crippen molar-refractivity contribution in [1.82, 2.24) is 0 Å². The van der Waals surface area contributed by atoms with Crippen molar-refractivity contribution in [2.75, 3.05) is 13.7 Å². The lowest BCUT2D eigenvalue weighted by atomic mass is 9.72. The monoisotopic (exact) mass is 571 g/mol. The molecule has 1 aliphatic heterocycles. The Kier molecular flexibility index (Phi) is 7.34. The zero-order chi connectivity index (χ0) is 29.8. The number of benzene rings is 2. The number of rotatable bonds is 7. The van der Waals surface area contributed by atoms with Gasteiger partial charge in [-0.2, -0.15) is 0 Å². The first-order valence-corrected chi connectivity index (χ1v) is 12.9. The summed E-state index contributed by atoms with van der Waals surface area (Å²) in [5, 5.41) is 44.5. The Labute approximate surface area is 233 Å². The molecule has 0 unspecified atom stereocenters. The molecule has 0 aromatic heterocycles. The number of phenolic OH excluding ortho intramolecular Hbond substituents is 2. The molecule has 5 rings (SSSR count). The molecule has 6 atom stereocenters. The molecular weight excluding hydrogens is 542 g/mol. The van der Waals surface area contributed by atoms with Crippen LogP contribution in [0.3, 0.4) is 0 Å². The van der Waals surface area contributed by atoms with Gasteiger partial charge < -0.3 is 45.1 Å². The Balaban J connectivity index is 1.67. The summed E-state index contributed by atoms with van der Waals surface area (Å²) in [6, 6.07) is 3.59. The number of hydrogen-bond donors (Lipinski definition) is 5. The Morgan fingerprint density at radius 2 is 1.88 bits per heavy atom. The molecule has 2 aromatic rings. The van der Waals surface area contributed by atoms with Crippen LogP contribution in [0, 0.1) is 0 Å². The molecule has 2 aliphatic carbocycles. The van der Waals surface area contributed by atoms with Gasteiger partial charge in [0.2, 0.25) is 11.6 Å². The summed E-state index contributed by atoms with van der Waals surface area (Å²) in [4.78, 5) is 50.9. The molecular formula is C28H29NO12. The molecule has 41 heavy (non-hydrogen) atoms. The third-order valence-corrected chi connectivity index (χ3v) is 7.94. The van der Waals surface area contributed by atoms with Crippen LogP contribution in [-0.2, 0) is 30.2 Å². The summed E-state index contributed by atoms with van der Waals surface area (Å²) in [5.41, 5.74) is 2.25. The quantitative estimate of drug-likeness (QED) is 0.189. The van der Waals surface area contributed by atoms with E-state index in [2.05, 4.69) is 4.74 Å². The van der Waals surface area contributed by atoms with Crippen LogP contribution < -0.4 is 10.5 Å². The highest BCUT2D eigenvalue weighted by Crippen LogP contribution is 2.52. The van der Waals surface area contributed by atoms with Gasteiger partial charge in [0.25, 0.3) is 6.47 Å². The van der Waals surface area contributed by atoms with Crippen LogP contribution in [0.1, 0.15) is 68.8 Å². The topological polar surface area (TPSA) is 212 Å². The van der Waals surface area contributed by atoms with Crippen molar-refractivity contribution in [1.29, 1.82) is 0 Å². The van der Waals surface area contributed by atoms with Gasteiger partial charge in [-0.1, -0.05) is 12.1 Å². The fourth-order valence-corrected chi connectivity index (χ4v) is 5.85. The van der Waals surface area contributed by atoms with E-state index in [4.69, 9.17) is 19.9 Å². The van der Waals surface area contributed by atoms with E-state index in [-0.39, 0.29) is 40.9 Å². The zero-order valence-corrected chi connectivity index (χ0v) is 22.2. The molecule has 0 spiro atoms. The van der Waals surface area contributed by atoms with Crippen molar-refractivity contribution >= 4 is 23.8 Å². The first-order valence-electron chi connectivity index (χ1n) is 12.9. The minimum Gasteiger partial charge on any atom is -0.507 e. The van der Waals surface area contributed by atoms with Gasteiger partial charge in [0.05, 0.1) is 42.1 Å². The van der Waals surface area contributed by atoms with Crippen LogP contribution in [0.15, 0.2) is 18.2 Å². The van der Waals surface area contributed by atoms with E-state index in [1.165, 1.54) is 25.3 Å². The van der Waals surface area contributed by atoms with Gasteiger partial charge in [0.1, 0.15) is 22.8 Å². The zero-order valence-electron chi connectivity index (χ0n) is 22.2. The maximum Gasteiger partial charge on any atom is 0.293 e. The van der Waals surface area contributed by atoms with Crippen molar-refractivity contribution in [2.45, 2.75) is 62.4 Å². The largest absolute Gasteiger partial charge is 0.507 e. The molecule has 0 bridgehead atoms. The van der Waals surface area contributed by atoms with Gasteiger partial charge in [0, 0.05) is 42.0 Å². The number of carbonyl (C=O) groups excluding carboxylic acids is 4. The number of aromatic hydroxyl groups is 2. The van der Waals surface area contributed by atoms with E-state index in [1.807, 2.05) is 0 Å². The number of aliphatic hydroxyl groups excluding tert-OH is 1. The number of aliphatic hydroxyl groups is 2. The second-order valence-corrected chi connectivity index (χ2v) is 10.4. The molecule has 218 valence electrons. The average molecular weight is 572 g/mol. The molecule has 1 fully saturated rings. The number of methoxy groups -OCH3 is 1. The molecule has 0 saturated carbocycles. The van der Waals surface area contributed by atoms with E-state index in [9.17, 15) is 39.6 Å². The highest BCUT2D eigenvalue weighted by Gasteiger charge is 2.50. The van der Waals surface area contributed by atoms with Crippen molar-refractivity contribution in [3.63, 3.8) is 0 Å². The predicted molar refractivity (Wildman–Crippen MR) is 137 cm³/mol. The third-order valence-electron chi connectivity index (χ3n) is 7.94. The smallest absolute Gasteiger partial charge is 0.293 e. The van der Waals surface area contributed by atoms with Crippen LogP contribution in [0.5, 0.6) is 17.2 Å². The van der Waals surface area contributed by atoms with E-state index < -0.39 is 95.7 Å². The number of Topliss-reactive ketones (excluding diaryl/α,β-unsaturated/α-hetero) is 1. The number of ketones is 3. The molecule has 13 nitrogen and oxygen atoms in total. The number of hydrogen-bond acceptors (Lipinski definition) is 13. The lowest BCUT2D eigenvalue weighted by Crippen LogP contribution is -2.53. The van der Waals surface area contributed by atoms with E-state index in [1.54, 1.807) is 6.92 Å². The summed E-state index contributed by atoms with van der Waals surface area (Å²) in [6.45, 7) is 0.810. The molecule has 0 amide bonds. The maximum absolute atomic E-state index is 13.7. The van der Waals surface area contributed by atoms with Crippen molar-refractivity contribution in [2.24, 2.45) is 5.73 Å². The van der Waals surface area contributed by atoms with Gasteiger partial charge in [-0.25, -0.2) is 0 Å². The molecule has 1 heterocycles. The van der Waals surface area contributed by atoms with Crippen LogP contribution in [0.2, 0.25) is 0 Å². The number of ether oxygens (including phenoxy) is 4. The van der Waals surface area contributed by atoms with Crippen molar-refractivity contribution in [3.8, 4) is 17.2 Å². The normalized spacial score (nSPS) is 28.8. The predicted octanol–water partition coefficient (Wildman–Crippen LogP) is 0.182. The van der Waals surface area contributed by atoms with E-state index in [0.717, 1.165) is 0 Å². The van der Waals surface area contributed by atoms with Gasteiger partial charge in [-0.05, 0) is 13.0 Å². The minimum atomic E-state index is -2.27. The first-order chi connectivity index (χ1) is 19.4. The summed E-state index contributed by atoms with van der Waals surface area (Å²) in [6.07, 6.45) is -5.29. The summed E-state index contributed by atoms with van der Waals surface area (Å²) in [5.74, 6) is -3.81. The number of nitrogens with two attached hydrogens (primary N) is 1. The summed E-state index contributed by atoms with van der Waals surface area (Å²) in [7, 11) is 1.32. The Morgan fingerprint density at radius 3 is 2.54 bits per heavy atom. The molecule has 13 heteroatoms. The second kappa shape index (κ2) is 10.5. The summed E-state index contributed by atoms with van der Waals surface area (Å²) >= 11 is 0. The lowest BCUT2D eigenvalue weighted by Gasteiger charge is -2.42. The van der Waals surface area contributed by atoms with E-state index >= 15 is 0 Å². The van der Waals surface area contributed by atoms with E-state index in [0.29, 0.717) is 0 Å². The van der Waals surface area contributed by atoms with Crippen molar-refractivity contribution in [3.05, 3.63) is 51.6 Å². The fraction of sp³-hybridized carbons (Fsp3) is 0.429. The molecule has 3 aliphatic rings. The Hall–Kier alpha value is -3.88. The van der Waals surface area contributed by atoms with Crippen LogP contribution in [0.25, 0.3) is 0 Å². The molecule has 2 aromatic carbocycles. The average Bonchev–Trinajstić information content (AvgIpc) is 2.94. The third kappa shape index (κ3) is 4.55. The first kappa shape index (κ1) is 28.6. The Bertz CT molecular complexity index is 1440. The highest BCUT2D eigenvalue weighted by molar-refractivity contribution is 6.31. The number of fused-ring (bicyclic) bond motifs is 3. The number of carbonyl (C=O) groups is 4. The summed E-state index contributed by atoms with van der Waals surface area (Å²) < 4.78 is 21.6. The molecule has 0 radical (unpaired) electrons. The minimum absolute atomic E-state index is 0.00234. The van der Waals surface area contributed by atoms with Crippen molar-refractivity contribution < 1.29 is 58.6 Å². The standard InChI is InChI=1S/C28H29NO12/c1-11-23(32)14(29)6-18(40-11)41-16-8-28(37,17(31)9-39-10-30)7-13-20(16)27(36)22-21(25(13)34)24(33)12-4-3-5-15(38-2)19(12)26(22)35/h3-5,10-11,14,16,18,23,32,34,36-37H,6-9,29H2,1-2H3/t11-,14-,16-,18-,23+,28-/m0/s1. The fourth-order valence-electron chi connectivity index (χ4n) is 5.85. The molecule has 6 N–H and O–H groups in total. The maximum atomic E-state index is 13.7. The van der Waals surface area contributed by atoms with Crippen LogP contribution in [0.4, 0.5) is 0 Å². The van der Waals surface area contributed by atoms with Gasteiger partial charge in [0.15, 0.2) is 18.7 Å². The Morgan fingerprint density at radius 1 is 1.17 bits per heavy atom. The lowest BCUT2D eigenvalue weighted by molar-refractivity contribution is -0.247. The molecule has 1 saturated heterocycles. The highest BCUT2D eigenvalue weighted by atomic mass is 16.7. The van der Waals surface area contributed by atoms with Crippen LogP contribution >= 0.6 is 0 Å². The van der Waals surface area contributed by atoms with Crippen LogP contribution in [-0.4, -0.2) is 88.1 Å². The van der Waals surface area contributed by atoms with Gasteiger partial charge in [-0.15, -0.1) is 0 Å². The second-order valence-electron chi connectivity index (χ2n) is 10.4.